The molecule has 2 rings (SSSR count). The van der Waals surface area contributed by atoms with Crippen molar-refractivity contribution in [1.82, 2.24) is 0 Å². The molecule has 1 aromatic heterocycles. The highest BCUT2D eigenvalue weighted by atomic mass is 35.5. The molecule has 12 heavy (non-hydrogen) atoms. The number of thiophene rings is 1. The lowest BCUT2D eigenvalue weighted by Crippen LogP contribution is -2.26. The second-order valence-electron chi connectivity index (χ2n) is 2.99. The van der Waals surface area contributed by atoms with E-state index in [1.54, 1.807) is 11.3 Å². The van der Waals surface area contributed by atoms with Crippen molar-refractivity contribution in [2.75, 3.05) is 0 Å². The van der Waals surface area contributed by atoms with E-state index in [9.17, 15) is 0 Å². The molecule has 0 bridgehead atoms. The van der Waals surface area contributed by atoms with Gasteiger partial charge in [0.2, 0.25) is 0 Å². The number of rotatable bonds is 0. The molecular weight excluding hydrogens is 213 g/mol. The molecule has 1 nitrogen and oxygen atoms in total. The van der Waals surface area contributed by atoms with Gasteiger partial charge in [0.25, 0.3) is 0 Å². The van der Waals surface area contributed by atoms with E-state index in [2.05, 4.69) is 0 Å². The lowest BCUT2D eigenvalue weighted by Gasteiger charge is -2.17. The monoisotopic (exact) mass is 223 g/mol. The Morgan fingerprint density at radius 1 is 1.58 bits per heavy atom. The number of fused-ring (bicyclic) bond motifs is 1. The van der Waals surface area contributed by atoms with E-state index >= 15 is 0 Å². The summed E-state index contributed by atoms with van der Waals surface area (Å²) in [5, 5.41) is 2.93. The molecule has 1 aliphatic carbocycles. The number of halogens is 2. The highest BCUT2D eigenvalue weighted by Gasteiger charge is 2.18. The summed E-state index contributed by atoms with van der Waals surface area (Å²) in [5.41, 5.74) is 7.12. The fraction of sp³-hybridized carbons (Fsp3) is 0.500. The molecule has 0 amide bonds. The van der Waals surface area contributed by atoms with E-state index < -0.39 is 0 Å². The van der Waals surface area contributed by atoms with E-state index in [1.165, 1.54) is 10.4 Å². The summed E-state index contributed by atoms with van der Waals surface area (Å²) < 4.78 is 0. The highest BCUT2D eigenvalue weighted by Crippen LogP contribution is 2.32. The van der Waals surface area contributed by atoms with Gasteiger partial charge in [-0.2, -0.15) is 0 Å². The fourth-order valence-corrected chi connectivity index (χ4v) is 2.84. The molecule has 0 aliphatic heterocycles. The van der Waals surface area contributed by atoms with Gasteiger partial charge in [0, 0.05) is 16.3 Å². The van der Waals surface area contributed by atoms with Crippen LogP contribution in [0.2, 0.25) is 5.02 Å². The predicted octanol–water partition coefficient (Wildman–Crippen LogP) is 2.64. The van der Waals surface area contributed by atoms with Crippen LogP contribution in [-0.2, 0) is 12.8 Å². The van der Waals surface area contributed by atoms with Crippen LogP contribution in [0.5, 0.6) is 0 Å². The molecule has 0 aromatic carbocycles. The van der Waals surface area contributed by atoms with Crippen LogP contribution in [0.4, 0.5) is 0 Å². The van der Waals surface area contributed by atoms with Gasteiger partial charge in [-0.25, -0.2) is 0 Å². The first-order valence-corrected chi connectivity index (χ1v) is 5.03. The topological polar surface area (TPSA) is 26.0 Å². The minimum atomic E-state index is 0. The predicted molar refractivity (Wildman–Crippen MR) is 56.6 cm³/mol. The average Bonchev–Trinajstić information content (AvgIpc) is 2.33. The summed E-state index contributed by atoms with van der Waals surface area (Å²) in [6.45, 7) is 0. The van der Waals surface area contributed by atoms with Gasteiger partial charge in [-0.05, 0) is 24.8 Å². The fourth-order valence-electron chi connectivity index (χ4n) is 1.50. The Morgan fingerprint density at radius 3 is 3.08 bits per heavy atom. The summed E-state index contributed by atoms with van der Waals surface area (Å²) in [4.78, 5) is 1.44. The first kappa shape index (κ1) is 10.3. The zero-order valence-corrected chi connectivity index (χ0v) is 8.94. The van der Waals surface area contributed by atoms with Crippen molar-refractivity contribution in [1.29, 1.82) is 0 Å². The standard InChI is InChI=1S/C8H10ClNS.ClH/c9-7-4-11-8-2-1-5(10)3-6(7)8;/h4-5H,1-3,10H2;1H. The van der Waals surface area contributed by atoms with Crippen LogP contribution in [0.1, 0.15) is 16.9 Å². The van der Waals surface area contributed by atoms with Gasteiger partial charge < -0.3 is 5.73 Å². The van der Waals surface area contributed by atoms with Gasteiger partial charge in [0.15, 0.2) is 0 Å². The van der Waals surface area contributed by atoms with Crippen LogP contribution in [0.3, 0.4) is 0 Å². The van der Waals surface area contributed by atoms with Gasteiger partial charge >= 0.3 is 0 Å². The third-order valence-corrected chi connectivity index (χ3v) is 3.69. The Hall–Kier alpha value is 0.240. The smallest absolute Gasteiger partial charge is 0.0548 e. The normalized spacial score (nSPS) is 21.3. The van der Waals surface area contributed by atoms with Gasteiger partial charge in [0.05, 0.1) is 5.02 Å². The Morgan fingerprint density at radius 2 is 2.33 bits per heavy atom. The van der Waals surface area contributed by atoms with E-state index in [4.69, 9.17) is 17.3 Å². The highest BCUT2D eigenvalue weighted by molar-refractivity contribution is 7.10. The van der Waals surface area contributed by atoms with Crippen LogP contribution >= 0.6 is 35.3 Å². The average molecular weight is 224 g/mol. The van der Waals surface area contributed by atoms with Crippen LogP contribution in [0.25, 0.3) is 0 Å². The first-order chi connectivity index (χ1) is 5.27. The lowest BCUT2D eigenvalue weighted by atomic mass is 9.95. The Kier molecular flexibility index (Phi) is 3.41. The molecule has 0 saturated heterocycles. The molecule has 1 heterocycles. The second-order valence-corrected chi connectivity index (χ2v) is 4.36. The van der Waals surface area contributed by atoms with Crippen LogP contribution < -0.4 is 5.73 Å². The summed E-state index contributed by atoms with van der Waals surface area (Å²) in [6, 6.07) is 0.328. The van der Waals surface area contributed by atoms with Crippen molar-refractivity contribution in [3.63, 3.8) is 0 Å². The lowest BCUT2D eigenvalue weighted by molar-refractivity contribution is 0.583. The van der Waals surface area contributed by atoms with Crippen LogP contribution in [-0.4, -0.2) is 6.04 Å². The summed E-state index contributed by atoms with van der Waals surface area (Å²) in [5.74, 6) is 0. The number of aryl methyl sites for hydroxylation is 1. The van der Waals surface area contributed by atoms with E-state index in [-0.39, 0.29) is 12.4 Å². The quantitative estimate of drug-likeness (QED) is 0.720. The molecule has 1 aliphatic rings. The Bertz CT molecular complexity index is 272. The van der Waals surface area contributed by atoms with Crippen molar-refractivity contribution >= 4 is 35.3 Å². The van der Waals surface area contributed by atoms with Crippen molar-refractivity contribution in [2.45, 2.75) is 25.3 Å². The van der Waals surface area contributed by atoms with Crippen LogP contribution in [0, 0.1) is 0 Å². The molecule has 68 valence electrons. The van der Waals surface area contributed by atoms with E-state index in [0.29, 0.717) is 6.04 Å². The van der Waals surface area contributed by atoms with E-state index in [1.807, 2.05) is 5.38 Å². The molecule has 1 aromatic rings. The molecule has 1 unspecified atom stereocenters. The third kappa shape index (κ3) is 1.77. The van der Waals surface area contributed by atoms with Crippen molar-refractivity contribution in [3.05, 3.63) is 20.8 Å². The minimum absolute atomic E-state index is 0. The summed E-state index contributed by atoms with van der Waals surface area (Å²) in [7, 11) is 0. The number of hydrogen-bond donors (Lipinski definition) is 1. The van der Waals surface area contributed by atoms with Gasteiger partial charge in [-0.15, -0.1) is 23.7 Å². The maximum atomic E-state index is 5.98. The summed E-state index contributed by atoms with van der Waals surface area (Å²) in [6.07, 6.45) is 3.20. The Balaban J connectivity index is 0.000000720. The second kappa shape index (κ2) is 3.97. The summed E-state index contributed by atoms with van der Waals surface area (Å²) >= 11 is 7.74. The molecule has 4 heteroatoms. The first-order valence-electron chi connectivity index (χ1n) is 3.77. The molecule has 0 spiro atoms. The van der Waals surface area contributed by atoms with Gasteiger partial charge in [-0.3, -0.25) is 0 Å². The van der Waals surface area contributed by atoms with Crippen molar-refractivity contribution in [2.24, 2.45) is 5.73 Å². The maximum Gasteiger partial charge on any atom is 0.0548 e. The van der Waals surface area contributed by atoms with Crippen molar-refractivity contribution in [3.8, 4) is 0 Å². The van der Waals surface area contributed by atoms with Gasteiger partial charge in [-0.1, -0.05) is 11.6 Å². The molecule has 2 N–H and O–H groups in total. The molecule has 0 radical (unpaired) electrons. The zero-order chi connectivity index (χ0) is 7.84. The molecule has 0 saturated carbocycles. The SMILES string of the molecule is Cl.NC1CCc2scc(Cl)c2C1. The Labute approximate surface area is 87.3 Å². The van der Waals surface area contributed by atoms with Crippen molar-refractivity contribution < 1.29 is 0 Å². The van der Waals surface area contributed by atoms with Gasteiger partial charge in [0.1, 0.15) is 0 Å². The van der Waals surface area contributed by atoms with Crippen LogP contribution in [0.15, 0.2) is 5.38 Å². The molecule has 0 fully saturated rings. The number of hydrogen-bond acceptors (Lipinski definition) is 2. The molecule has 1 atom stereocenters. The number of nitrogens with two attached hydrogens (primary N) is 1. The third-order valence-electron chi connectivity index (χ3n) is 2.14. The zero-order valence-electron chi connectivity index (χ0n) is 6.55. The van der Waals surface area contributed by atoms with E-state index in [0.717, 1.165) is 24.3 Å². The largest absolute Gasteiger partial charge is 0.327 e. The maximum absolute atomic E-state index is 5.98. The molecular formula is C8H11Cl2NS. The minimum Gasteiger partial charge on any atom is -0.327 e.